The van der Waals surface area contributed by atoms with Crippen LogP contribution in [0.3, 0.4) is 0 Å². The molecule has 0 aliphatic carbocycles. The summed E-state index contributed by atoms with van der Waals surface area (Å²) >= 11 is 0. The van der Waals surface area contributed by atoms with Gasteiger partial charge in [0.25, 0.3) is 0 Å². The molecule has 1 unspecified atom stereocenters. The van der Waals surface area contributed by atoms with E-state index in [2.05, 4.69) is 13.8 Å². The van der Waals surface area contributed by atoms with Crippen molar-refractivity contribution in [3.05, 3.63) is 17.4 Å². The Morgan fingerprint density at radius 1 is 1.62 bits per heavy atom. The van der Waals surface area contributed by atoms with Crippen LogP contribution in [0.2, 0.25) is 0 Å². The van der Waals surface area contributed by atoms with E-state index in [9.17, 15) is 4.79 Å². The second kappa shape index (κ2) is 4.40. The van der Waals surface area contributed by atoms with Crippen molar-refractivity contribution in [2.45, 2.75) is 39.5 Å². The molecule has 0 amide bonds. The SMILES string of the molecule is CCC(=O)c1cbc(C(C)CC)o1. The summed E-state index contributed by atoms with van der Waals surface area (Å²) in [5, 5.41) is 0. The Bertz CT molecular complexity index is 291. The number of carbonyl (C=O) groups is 1. The van der Waals surface area contributed by atoms with Gasteiger partial charge in [0.2, 0.25) is 0 Å². The standard InChI is InChI=1S/C10H15BO2/c1-4-7(3)10-11-6-9(13-10)8(12)5-2/h6-7H,4-5H2,1-3H3. The third-order valence-corrected chi connectivity index (χ3v) is 2.32. The zero-order chi connectivity index (χ0) is 9.84. The fraction of sp³-hybridized carbons (Fsp3) is 0.600. The summed E-state index contributed by atoms with van der Waals surface area (Å²) < 4.78 is 5.44. The molecule has 3 heteroatoms. The minimum absolute atomic E-state index is 0.0783. The third kappa shape index (κ3) is 2.30. The molecule has 2 nitrogen and oxygen atoms in total. The first-order chi connectivity index (χ1) is 6.19. The Hall–Kier alpha value is -0.855. The molecule has 1 atom stereocenters. The Balaban J connectivity index is 2.80. The van der Waals surface area contributed by atoms with E-state index in [0.717, 1.165) is 12.1 Å². The van der Waals surface area contributed by atoms with Crippen LogP contribution >= 0.6 is 0 Å². The van der Waals surface area contributed by atoms with Crippen molar-refractivity contribution >= 4 is 12.7 Å². The molecular weight excluding hydrogens is 163 g/mol. The van der Waals surface area contributed by atoms with Crippen molar-refractivity contribution in [3.8, 4) is 0 Å². The first kappa shape index (κ1) is 10.2. The van der Waals surface area contributed by atoms with Crippen molar-refractivity contribution in [3.63, 3.8) is 0 Å². The number of rotatable bonds is 4. The van der Waals surface area contributed by atoms with E-state index in [1.807, 2.05) is 13.8 Å². The molecule has 13 heavy (non-hydrogen) atoms. The zero-order valence-corrected chi connectivity index (χ0v) is 8.46. The minimum atomic E-state index is 0.0783. The number of ketones is 1. The number of carbonyl (C=O) groups excluding carboxylic acids is 1. The summed E-state index contributed by atoms with van der Waals surface area (Å²) in [5.41, 5.74) is 0.916. The van der Waals surface area contributed by atoms with Crippen LogP contribution in [-0.2, 0) is 0 Å². The van der Waals surface area contributed by atoms with Gasteiger partial charge in [0.1, 0.15) is 0 Å². The fourth-order valence-electron chi connectivity index (χ4n) is 1.14. The molecule has 0 aliphatic rings. The Labute approximate surface area is 79.5 Å². The first-order valence-electron chi connectivity index (χ1n) is 4.82. The molecule has 0 bridgehead atoms. The van der Waals surface area contributed by atoms with Gasteiger partial charge < -0.3 is 0 Å². The molecule has 0 spiro atoms. The summed E-state index contributed by atoms with van der Waals surface area (Å²) in [6.45, 7) is 7.94. The quantitative estimate of drug-likeness (QED) is 0.663. The topological polar surface area (TPSA) is 30.2 Å². The van der Waals surface area contributed by atoms with E-state index in [-0.39, 0.29) is 5.78 Å². The van der Waals surface area contributed by atoms with Crippen molar-refractivity contribution < 1.29 is 9.21 Å². The second-order valence-electron chi connectivity index (χ2n) is 3.29. The summed E-state index contributed by atoms with van der Waals surface area (Å²) in [6.07, 6.45) is 1.54. The molecule has 0 saturated carbocycles. The molecule has 0 fully saturated rings. The fourth-order valence-corrected chi connectivity index (χ4v) is 1.14. The van der Waals surface area contributed by atoms with Crippen LogP contribution in [0.5, 0.6) is 0 Å². The van der Waals surface area contributed by atoms with Gasteiger partial charge in [-0.25, -0.2) is 0 Å². The molecule has 0 aromatic carbocycles. The van der Waals surface area contributed by atoms with Crippen molar-refractivity contribution in [1.29, 1.82) is 0 Å². The maximum absolute atomic E-state index is 11.2. The molecule has 1 heterocycles. The molecule has 0 radical (unpaired) electrons. The summed E-state index contributed by atoms with van der Waals surface area (Å²) in [6, 6.07) is 0. The van der Waals surface area contributed by atoms with Crippen molar-refractivity contribution in [2.24, 2.45) is 0 Å². The predicted octanol–water partition coefficient (Wildman–Crippen LogP) is 2.72. The van der Waals surface area contributed by atoms with Gasteiger partial charge in [-0.2, -0.15) is 0 Å². The Morgan fingerprint density at radius 3 is 2.85 bits per heavy atom. The summed E-state index contributed by atoms with van der Waals surface area (Å²) in [7, 11) is 0. The van der Waals surface area contributed by atoms with E-state index >= 15 is 0 Å². The molecule has 1 aromatic rings. The monoisotopic (exact) mass is 178 g/mol. The van der Waals surface area contributed by atoms with E-state index in [1.54, 1.807) is 5.96 Å². The van der Waals surface area contributed by atoms with Gasteiger partial charge in [0.15, 0.2) is 0 Å². The average Bonchev–Trinajstić information content (AvgIpc) is 2.64. The molecule has 1 aromatic heterocycles. The van der Waals surface area contributed by atoms with Gasteiger partial charge in [-0.1, -0.05) is 0 Å². The van der Waals surface area contributed by atoms with E-state index in [1.165, 1.54) is 0 Å². The van der Waals surface area contributed by atoms with Crippen LogP contribution in [0.25, 0.3) is 0 Å². The molecule has 70 valence electrons. The molecule has 0 aliphatic heterocycles. The van der Waals surface area contributed by atoms with Gasteiger partial charge in [0, 0.05) is 0 Å². The average molecular weight is 178 g/mol. The number of hydrogen-bond donors (Lipinski definition) is 0. The van der Waals surface area contributed by atoms with Gasteiger partial charge in [0.05, 0.1) is 0 Å². The van der Waals surface area contributed by atoms with Crippen LogP contribution in [0.4, 0.5) is 0 Å². The van der Waals surface area contributed by atoms with Gasteiger partial charge >= 0.3 is 78.8 Å². The van der Waals surface area contributed by atoms with Gasteiger partial charge in [-0.05, 0) is 0 Å². The molecule has 0 N–H and O–H groups in total. The third-order valence-electron chi connectivity index (χ3n) is 2.32. The first-order valence-corrected chi connectivity index (χ1v) is 4.82. The van der Waals surface area contributed by atoms with Crippen LogP contribution < -0.4 is 0 Å². The summed E-state index contributed by atoms with van der Waals surface area (Å²) in [5.74, 6) is 2.75. The molecule has 0 saturated heterocycles. The van der Waals surface area contributed by atoms with Crippen LogP contribution in [0.1, 0.15) is 55.7 Å². The van der Waals surface area contributed by atoms with Crippen molar-refractivity contribution in [2.75, 3.05) is 0 Å². The normalized spacial score (nSPS) is 12.5. The summed E-state index contributed by atoms with van der Waals surface area (Å²) in [4.78, 5) is 11.2. The van der Waals surface area contributed by atoms with Gasteiger partial charge in [-0.3, -0.25) is 0 Å². The predicted molar refractivity (Wildman–Crippen MR) is 53.4 cm³/mol. The van der Waals surface area contributed by atoms with E-state index in [4.69, 9.17) is 4.42 Å². The van der Waals surface area contributed by atoms with Crippen LogP contribution in [-0.4, -0.2) is 12.7 Å². The van der Waals surface area contributed by atoms with Gasteiger partial charge in [-0.15, -0.1) is 0 Å². The zero-order valence-electron chi connectivity index (χ0n) is 8.46. The van der Waals surface area contributed by atoms with Crippen LogP contribution in [0, 0.1) is 0 Å². The van der Waals surface area contributed by atoms with Crippen molar-refractivity contribution in [1.82, 2.24) is 0 Å². The molecule has 1 rings (SSSR count). The number of Topliss-reactive ketones (excluding diaryl/α,β-unsaturated/α-hetero) is 1. The Morgan fingerprint density at radius 2 is 2.31 bits per heavy atom. The number of hydrogen-bond acceptors (Lipinski definition) is 2. The second-order valence-corrected chi connectivity index (χ2v) is 3.29. The van der Waals surface area contributed by atoms with Crippen LogP contribution in [0.15, 0.2) is 10.4 Å². The Kier molecular flexibility index (Phi) is 3.46. The van der Waals surface area contributed by atoms with E-state index < -0.39 is 0 Å². The maximum atomic E-state index is 11.2. The molecular formula is C10H15BO2. The van der Waals surface area contributed by atoms with E-state index in [0.29, 0.717) is 18.1 Å².